The van der Waals surface area contributed by atoms with Crippen LogP contribution in [0.15, 0.2) is 26.0 Å². The van der Waals surface area contributed by atoms with Crippen molar-refractivity contribution in [2.45, 2.75) is 27.2 Å². The van der Waals surface area contributed by atoms with Gasteiger partial charge in [-0.25, -0.2) is 4.98 Å². The Morgan fingerprint density at radius 2 is 2.14 bits per heavy atom. The lowest BCUT2D eigenvalue weighted by Crippen LogP contribution is -2.18. The highest BCUT2D eigenvalue weighted by atomic mass is 32.2. The molecule has 0 aliphatic rings. The van der Waals surface area contributed by atoms with Gasteiger partial charge >= 0.3 is 0 Å². The monoisotopic (exact) mass is 342 g/mol. The Labute approximate surface area is 137 Å². The highest BCUT2D eigenvalue weighted by Gasteiger charge is 2.09. The summed E-state index contributed by atoms with van der Waals surface area (Å²) in [4.78, 5) is 4.53. The first kappa shape index (κ1) is 16.7. The van der Waals surface area contributed by atoms with Crippen molar-refractivity contribution in [2.24, 2.45) is 0 Å². The first-order chi connectivity index (χ1) is 10.2. The number of pyridine rings is 1. The Morgan fingerprint density at radius 1 is 1.33 bits per heavy atom. The zero-order chi connectivity index (χ0) is 15.1. The fourth-order valence-corrected chi connectivity index (χ4v) is 4.01. The molecule has 0 unspecified atom stereocenters. The summed E-state index contributed by atoms with van der Waals surface area (Å²) < 4.78 is 6.92. The number of ether oxygens (including phenoxy) is 1. The molecule has 0 bridgehead atoms. The molecule has 2 aromatic rings. The van der Waals surface area contributed by atoms with Gasteiger partial charge in [0.1, 0.15) is 5.03 Å². The minimum atomic E-state index is 0.717. The molecular weight excluding hydrogens is 324 g/mol. The van der Waals surface area contributed by atoms with Crippen LogP contribution in [0, 0.1) is 6.92 Å². The predicted molar refractivity (Wildman–Crippen MR) is 88.4 cm³/mol. The molecule has 2 aromatic heterocycles. The molecule has 1 N–H and O–H groups in total. The second kappa shape index (κ2) is 8.70. The lowest BCUT2D eigenvalue weighted by molar-refractivity contribution is 0.199. The molecule has 0 saturated carbocycles. The van der Waals surface area contributed by atoms with Crippen molar-refractivity contribution in [3.63, 3.8) is 0 Å². The van der Waals surface area contributed by atoms with Crippen LogP contribution in [0.1, 0.15) is 11.1 Å². The van der Waals surface area contributed by atoms with E-state index < -0.39 is 0 Å². The van der Waals surface area contributed by atoms with Crippen LogP contribution in [0.5, 0.6) is 0 Å². The average Bonchev–Trinajstić information content (AvgIpc) is 2.94. The van der Waals surface area contributed by atoms with E-state index in [9.17, 15) is 0 Å². The molecule has 2 heterocycles. The van der Waals surface area contributed by atoms with Gasteiger partial charge in [-0.1, -0.05) is 29.2 Å². The number of aromatic nitrogens is 3. The van der Waals surface area contributed by atoms with E-state index in [2.05, 4.69) is 33.5 Å². The van der Waals surface area contributed by atoms with Crippen molar-refractivity contribution < 1.29 is 4.74 Å². The van der Waals surface area contributed by atoms with Crippen LogP contribution in [-0.2, 0) is 11.3 Å². The Kier molecular flexibility index (Phi) is 6.91. The summed E-state index contributed by atoms with van der Waals surface area (Å²) in [5.41, 5.74) is 2.34. The van der Waals surface area contributed by atoms with Crippen LogP contribution in [-0.4, -0.2) is 41.7 Å². The van der Waals surface area contributed by atoms with Gasteiger partial charge in [-0.2, -0.15) is 0 Å². The number of methoxy groups -OCH3 is 1. The lowest BCUT2D eigenvalue weighted by atomic mass is 10.2. The van der Waals surface area contributed by atoms with Crippen LogP contribution < -0.4 is 5.32 Å². The zero-order valence-electron chi connectivity index (χ0n) is 12.3. The number of nitrogens with one attached hydrogen (secondary N) is 1. The van der Waals surface area contributed by atoms with Gasteiger partial charge in [-0.15, -0.1) is 10.2 Å². The van der Waals surface area contributed by atoms with Gasteiger partial charge in [0.05, 0.1) is 6.61 Å². The summed E-state index contributed by atoms with van der Waals surface area (Å²) in [5.74, 6) is 0. The van der Waals surface area contributed by atoms with E-state index >= 15 is 0 Å². The van der Waals surface area contributed by atoms with Crippen molar-refractivity contribution in [1.82, 2.24) is 20.5 Å². The highest BCUT2D eigenvalue weighted by molar-refractivity contribution is 8.03. The van der Waals surface area contributed by atoms with E-state index in [1.165, 1.54) is 5.56 Å². The molecule has 0 aliphatic carbocycles. The normalized spacial score (nSPS) is 11.0. The molecule has 0 atom stereocenters. The molecule has 5 nitrogen and oxygen atoms in total. The Hall–Kier alpha value is -0.670. The summed E-state index contributed by atoms with van der Waals surface area (Å²) in [6.07, 6.45) is 3.91. The van der Waals surface area contributed by atoms with Gasteiger partial charge in [0.2, 0.25) is 0 Å². The molecule has 8 heteroatoms. The number of hydrogen-bond donors (Lipinski definition) is 1. The SMILES string of the molecule is COCCNCc1cnc(Sc2nnc(SC)s2)c(C)c1. The summed E-state index contributed by atoms with van der Waals surface area (Å²) >= 11 is 4.78. The van der Waals surface area contributed by atoms with Gasteiger partial charge in [0, 0.05) is 26.4 Å². The smallest absolute Gasteiger partial charge is 0.181 e. The third-order valence-electron chi connectivity index (χ3n) is 2.65. The second-order valence-electron chi connectivity index (χ2n) is 4.28. The van der Waals surface area contributed by atoms with E-state index in [1.807, 2.05) is 12.5 Å². The third-order valence-corrected chi connectivity index (χ3v) is 5.72. The molecule has 2 rings (SSSR count). The van der Waals surface area contributed by atoms with Gasteiger partial charge in [-0.05, 0) is 36.1 Å². The lowest BCUT2D eigenvalue weighted by Gasteiger charge is -2.07. The first-order valence-electron chi connectivity index (χ1n) is 6.43. The molecule has 0 fully saturated rings. The molecule has 0 spiro atoms. The molecule has 114 valence electrons. The maximum absolute atomic E-state index is 5.01. The average molecular weight is 343 g/mol. The molecule has 21 heavy (non-hydrogen) atoms. The van der Waals surface area contributed by atoms with Gasteiger partial charge in [0.25, 0.3) is 0 Å². The first-order valence-corrected chi connectivity index (χ1v) is 9.29. The molecule has 0 saturated heterocycles. The summed E-state index contributed by atoms with van der Waals surface area (Å²) in [7, 11) is 1.70. The zero-order valence-corrected chi connectivity index (χ0v) is 14.7. The van der Waals surface area contributed by atoms with E-state index in [0.717, 1.165) is 39.0 Å². The van der Waals surface area contributed by atoms with Gasteiger partial charge in [-0.3, -0.25) is 0 Å². The van der Waals surface area contributed by atoms with Gasteiger partial charge < -0.3 is 10.1 Å². The van der Waals surface area contributed by atoms with Crippen LogP contribution in [0.4, 0.5) is 0 Å². The highest BCUT2D eigenvalue weighted by Crippen LogP contribution is 2.33. The third kappa shape index (κ3) is 5.23. The van der Waals surface area contributed by atoms with Crippen molar-refractivity contribution in [3.05, 3.63) is 23.4 Å². The summed E-state index contributed by atoms with van der Waals surface area (Å²) in [6.45, 7) is 4.44. The largest absolute Gasteiger partial charge is 0.383 e. The second-order valence-corrected chi connectivity index (χ2v) is 7.54. The van der Waals surface area contributed by atoms with Crippen LogP contribution in [0.3, 0.4) is 0 Å². The van der Waals surface area contributed by atoms with E-state index in [4.69, 9.17) is 4.74 Å². The van der Waals surface area contributed by atoms with Crippen LogP contribution >= 0.6 is 34.9 Å². The molecule has 0 aliphatic heterocycles. The quantitative estimate of drug-likeness (QED) is 0.584. The van der Waals surface area contributed by atoms with Crippen LogP contribution in [0.25, 0.3) is 0 Å². The number of nitrogens with zero attached hydrogens (tertiary/aromatic N) is 3. The van der Waals surface area contributed by atoms with E-state index in [0.29, 0.717) is 0 Å². The molecule has 0 amide bonds. The Morgan fingerprint density at radius 3 is 2.81 bits per heavy atom. The van der Waals surface area contributed by atoms with Crippen molar-refractivity contribution in [2.75, 3.05) is 26.5 Å². The van der Waals surface area contributed by atoms with Crippen LogP contribution in [0.2, 0.25) is 0 Å². The van der Waals surface area contributed by atoms with Crippen molar-refractivity contribution >= 4 is 34.9 Å². The maximum atomic E-state index is 5.01. The number of thioether (sulfide) groups is 1. The molecule has 0 radical (unpaired) electrons. The number of hydrogen-bond acceptors (Lipinski definition) is 8. The molecular formula is C13H18N4OS3. The number of aryl methyl sites for hydroxylation is 1. The minimum Gasteiger partial charge on any atom is -0.383 e. The Balaban J connectivity index is 1.95. The summed E-state index contributed by atoms with van der Waals surface area (Å²) in [6, 6.07) is 2.16. The number of rotatable bonds is 8. The minimum absolute atomic E-state index is 0.717. The van der Waals surface area contributed by atoms with Gasteiger partial charge in [0.15, 0.2) is 8.68 Å². The fourth-order valence-electron chi connectivity index (χ4n) is 1.63. The Bertz CT molecular complexity index is 576. The summed E-state index contributed by atoms with van der Waals surface area (Å²) in [5, 5.41) is 12.6. The predicted octanol–water partition coefficient (Wildman–Crippen LogP) is 2.85. The van der Waals surface area contributed by atoms with Crippen molar-refractivity contribution in [1.29, 1.82) is 0 Å². The maximum Gasteiger partial charge on any atom is 0.181 e. The molecule has 0 aromatic carbocycles. The van der Waals surface area contributed by atoms with E-state index in [1.54, 1.807) is 42.0 Å². The fraction of sp³-hybridized carbons (Fsp3) is 0.462. The van der Waals surface area contributed by atoms with E-state index in [-0.39, 0.29) is 0 Å². The standard InChI is InChI=1S/C13H18N4OS3/c1-9-6-10(7-14-4-5-18-2)8-15-11(9)20-13-17-16-12(19-3)21-13/h6,8,14H,4-5,7H2,1-3H3. The van der Waals surface area contributed by atoms with Crippen molar-refractivity contribution in [3.8, 4) is 0 Å². The topological polar surface area (TPSA) is 59.9 Å².